The van der Waals surface area contributed by atoms with Crippen LogP contribution in [-0.4, -0.2) is 36.9 Å². The summed E-state index contributed by atoms with van der Waals surface area (Å²) in [7, 11) is 0. The van der Waals surface area contributed by atoms with Gasteiger partial charge in [-0.05, 0) is 0 Å². The first-order chi connectivity index (χ1) is 5.41. The van der Waals surface area contributed by atoms with Crippen LogP contribution in [-0.2, 0) is 9.47 Å². The van der Waals surface area contributed by atoms with Gasteiger partial charge in [0.1, 0.15) is 0 Å². The van der Waals surface area contributed by atoms with E-state index in [0.29, 0.717) is 0 Å². The molecule has 2 rings (SSSR count). The minimum atomic E-state index is 0.213. The lowest BCUT2D eigenvalue weighted by molar-refractivity contribution is -0.143. The van der Waals surface area contributed by atoms with Crippen LogP contribution in [0.15, 0.2) is 0 Å². The Kier molecular flexibility index (Phi) is 2.39. The number of rotatable bonds is 0. The predicted molar refractivity (Wildman–Crippen MR) is 46.1 cm³/mol. The van der Waals surface area contributed by atoms with E-state index in [-0.39, 0.29) is 5.60 Å². The first-order valence-electron chi connectivity index (χ1n) is 4.21. The third-order valence-electron chi connectivity index (χ3n) is 2.41. The molecule has 1 unspecified atom stereocenters. The van der Waals surface area contributed by atoms with E-state index >= 15 is 0 Å². The second-order valence-corrected chi connectivity index (χ2v) is 4.30. The van der Waals surface area contributed by atoms with Crippen molar-refractivity contribution < 1.29 is 9.47 Å². The Morgan fingerprint density at radius 1 is 1.09 bits per heavy atom. The molecule has 0 saturated carbocycles. The highest BCUT2D eigenvalue weighted by Gasteiger charge is 2.38. The number of ether oxygens (including phenoxy) is 2. The zero-order valence-corrected chi connectivity index (χ0v) is 7.49. The first-order valence-corrected chi connectivity index (χ1v) is 5.36. The molecule has 0 N–H and O–H groups in total. The Bertz CT molecular complexity index is 124. The van der Waals surface area contributed by atoms with Gasteiger partial charge >= 0.3 is 0 Å². The van der Waals surface area contributed by atoms with Crippen molar-refractivity contribution in [3.05, 3.63) is 0 Å². The van der Waals surface area contributed by atoms with Crippen LogP contribution in [0, 0.1) is 0 Å². The highest BCUT2D eigenvalue weighted by atomic mass is 32.2. The maximum Gasteiger partial charge on any atom is 0.0816 e. The van der Waals surface area contributed by atoms with Gasteiger partial charge < -0.3 is 9.47 Å². The largest absolute Gasteiger partial charge is 0.380 e. The van der Waals surface area contributed by atoms with Crippen molar-refractivity contribution in [1.82, 2.24) is 0 Å². The summed E-state index contributed by atoms with van der Waals surface area (Å²) < 4.78 is 11.0. The lowest BCUT2D eigenvalue weighted by atomic mass is 9.94. The van der Waals surface area contributed by atoms with Crippen LogP contribution >= 0.6 is 11.8 Å². The molecule has 2 nitrogen and oxygen atoms in total. The van der Waals surface area contributed by atoms with Gasteiger partial charge in [-0.25, -0.2) is 0 Å². The van der Waals surface area contributed by atoms with E-state index in [0.717, 1.165) is 32.0 Å². The van der Waals surface area contributed by atoms with Crippen LogP contribution in [0.25, 0.3) is 0 Å². The summed E-state index contributed by atoms with van der Waals surface area (Å²) in [5.74, 6) is 2.31. The fourth-order valence-corrected chi connectivity index (χ4v) is 2.63. The molecule has 0 aliphatic carbocycles. The Labute approximate surface area is 71.6 Å². The molecular formula is C8H14O2S. The maximum absolute atomic E-state index is 5.59. The van der Waals surface area contributed by atoms with Gasteiger partial charge in [0.15, 0.2) is 0 Å². The molecule has 0 bridgehead atoms. The fourth-order valence-electron chi connectivity index (χ4n) is 1.51. The summed E-state index contributed by atoms with van der Waals surface area (Å²) in [6.45, 7) is 2.77. The standard InChI is InChI=1S/C8H14O2S/c1-3-9-5-6-11-7-8(1)2-4-10-8/h1-7H2. The van der Waals surface area contributed by atoms with Gasteiger partial charge in [-0.3, -0.25) is 0 Å². The lowest BCUT2D eigenvalue weighted by Gasteiger charge is -2.42. The van der Waals surface area contributed by atoms with E-state index < -0.39 is 0 Å². The molecule has 2 saturated heterocycles. The highest BCUT2D eigenvalue weighted by molar-refractivity contribution is 7.99. The van der Waals surface area contributed by atoms with E-state index in [2.05, 4.69) is 0 Å². The maximum atomic E-state index is 5.59. The SMILES string of the molecule is C1CSCC2(CCO1)CCO2. The molecule has 0 aromatic carbocycles. The Morgan fingerprint density at radius 3 is 2.73 bits per heavy atom. The van der Waals surface area contributed by atoms with Crippen molar-refractivity contribution in [2.75, 3.05) is 31.3 Å². The molecule has 1 atom stereocenters. The van der Waals surface area contributed by atoms with Gasteiger partial charge in [-0.15, -0.1) is 0 Å². The van der Waals surface area contributed by atoms with E-state index in [1.165, 1.54) is 12.2 Å². The van der Waals surface area contributed by atoms with Gasteiger partial charge in [0.25, 0.3) is 0 Å². The number of thioether (sulfide) groups is 1. The smallest absolute Gasteiger partial charge is 0.0816 e. The van der Waals surface area contributed by atoms with Crippen LogP contribution in [0.1, 0.15) is 12.8 Å². The molecule has 3 heteroatoms. The molecule has 0 radical (unpaired) electrons. The van der Waals surface area contributed by atoms with Crippen LogP contribution in [0.5, 0.6) is 0 Å². The van der Waals surface area contributed by atoms with Gasteiger partial charge in [0, 0.05) is 31.0 Å². The average molecular weight is 174 g/mol. The topological polar surface area (TPSA) is 18.5 Å². The molecule has 2 heterocycles. The van der Waals surface area contributed by atoms with Gasteiger partial charge in [-0.2, -0.15) is 11.8 Å². The third-order valence-corrected chi connectivity index (χ3v) is 3.59. The normalized spacial score (nSPS) is 39.3. The molecule has 2 fully saturated rings. The van der Waals surface area contributed by atoms with Crippen LogP contribution in [0.4, 0.5) is 0 Å². The van der Waals surface area contributed by atoms with Crippen molar-refractivity contribution in [2.24, 2.45) is 0 Å². The minimum Gasteiger partial charge on any atom is -0.380 e. The zero-order valence-electron chi connectivity index (χ0n) is 6.67. The van der Waals surface area contributed by atoms with Crippen LogP contribution < -0.4 is 0 Å². The van der Waals surface area contributed by atoms with Crippen molar-refractivity contribution in [3.63, 3.8) is 0 Å². The summed E-state index contributed by atoms with van der Waals surface area (Å²) in [4.78, 5) is 0. The second-order valence-electron chi connectivity index (χ2n) is 3.20. The van der Waals surface area contributed by atoms with Crippen LogP contribution in [0.2, 0.25) is 0 Å². The summed E-state index contributed by atoms with van der Waals surface area (Å²) in [5.41, 5.74) is 0.213. The molecule has 11 heavy (non-hydrogen) atoms. The monoisotopic (exact) mass is 174 g/mol. The molecule has 0 aromatic heterocycles. The van der Waals surface area contributed by atoms with E-state index in [4.69, 9.17) is 9.47 Å². The molecule has 2 aliphatic rings. The average Bonchev–Trinajstić information content (AvgIpc) is 1.82. The van der Waals surface area contributed by atoms with Crippen molar-refractivity contribution in [2.45, 2.75) is 18.4 Å². The Morgan fingerprint density at radius 2 is 2.00 bits per heavy atom. The molecule has 0 amide bonds. The molecular weight excluding hydrogens is 160 g/mol. The van der Waals surface area contributed by atoms with E-state index in [1.54, 1.807) is 0 Å². The van der Waals surface area contributed by atoms with Crippen molar-refractivity contribution in [1.29, 1.82) is 0 Å². The lowest BCUT2D eigenvalue weighted by Crippen LogP contribution is -2.47. The molecule has 0 aromatic rings. The highest BCUT2D eigenvalue weighted by Crippen LogP contribution is 2.34. The second kappa shape index (κ2) is 3.33. The number of hydrogen-bond acceptors (Lipinski definition) is 3. The van der Waals surface area contributed by atoms with Crippen molar-refractivity contribution >= 4 is 11.8 Å². The number of hydrogen-bond donors (Lipinski definition) is 0. The van der Waals surface area contributed by atoms with Gasteiger partial charge in [0.2, 0.25) is 0 Å². The first kappa shape index (κ1) is 7.90. The third kappa shape index (κ3) is 1.71. The van der Waals surface area contributed by atoms with Crippen LogP contribution in [0.3, 0.4) is 0 Å². The minimum absolute atomic E-state index is 0.213. The quantitative estimate of drug-likeness (QED) is 0.551. The van der Waals surface area contributed by atoms with E-state index in [1.807, 2.05) is 11.8 Å². The van der Waals surface area contributed by atoms with Gasteiger partial charge in [-0.1, -0.05) is 0 Å². The molecule has 64 valence electrons. The zero-order chi connectivity index (χ0) is 7.57. The van der Waals surface area contributed by atoms with Gasteiger partial charge in [0.05, 0.1) is 18.8 Å². The fraction of sp³-hybridized carbons (Fsp3) is 1.00. The Hall–Kier alpha value is 0.270. The van der Waals surface area contributed by atoms with Crippen molar-refractivity contribution in [3.8, 4) is 0 Å². The summed E-state index contributed by atoms with van der Waals surface area (Å²) in [6, 6.07) is 0. The Balaban J connectivity index is 1.86. The summed E-state index contributed by atoms with van der Waals surface area (Å²) >= 11 is 1.96. The predicted octanol–water partition coefficient (Wildman–Crippen LogP) is 1.30. The summed E-state index contributed by atoms with van der Waals surface area (Å²) in [5, 5.41) is 0. The molecule has 1 spiro atoms. The van der Waals surface area contributed by atoms with E-state index in [9.17, 15) is 0 Å². The molecule has 2 aliphatic heterocycles. The summed E-state index contributed by atoms with van der Waals surface area (Å²) in [6.07, 6.45) is 2.34.